The lowest BCUT2D eigenvalue weighted by atomic mass is 10.2. The van der Waals surface area contributed by atoms with Gasteiger partial charge in [-0.15, -0.1) is 0 Å². The van der Waals surface area contributed by atoms with Crippen LogP contribution in [0.2, 0.25) is 0 Å². The molecule has 1 fully saturated rings. The first kappa shape index (κ1) is 14.5. The van der Waals surface area contributed by atoms with Crippen molar-refractivity contribution in [3.05, 3.63) is 32.7 Å². The van der Waals surface area contributed by atoms with E-state index in [0.717, 1.165) is 21.8 Å². The molecule has 0 bridgehead atoms. The second-order valence-electron chi connectivity index (χ2n) is 4.66. The zero-order chi connectivity index (χ0) is 14.0. The van der Waals surface area contributed by atoms with E-state index in [4.69, 9.17) is 0 Å². The van der Waals surface area contributed by atoms with Crippen LogP contribution >= 0.6 is 31.9 Å². The van der Waals surface area contributed by atoms with Crippen molar-refractivity contribution in [2.45, 2.75) is 18.9 Å². The van der Waals surface area contributed by atoms with Crippen LogP contribution in [0.5, 0.6) is 0 Å². The Morgan fingerprint density at radius 1 is 1.26 bits per heavy atom. The maximum absolute atomic E-state index is 12.2. The summed E-state index contributed by atoms with van der Waals surface area (Å²) in [5.74, 6) is -0.277. The van der Waals surface area contributed by atoms with E-state index in [9.17, 15) is 9.59 Å². The van der Waals surface area contributed by atoms with Crippen molar-refractivity contribution in [2.75, 3.05) is 13.6 Å². The van der Waals surface area contributed by atoms with Crippen LogP contribution in [-0.2, 0) is 4.79 Å². The molecule has 6 heteroatoms. The Hall–Kier alpha value is -0.880. The fourth-order valence-corrected chi connectivity index (χ4v) is 2.98. The average Bonchev–Trinajstić information content (AvgIpc) is 3.10. The molecule has 1 aliphatic carbocycles. The number of nitrogens with zero attached hydrogens (tertiary/aromatic N) is 1. The molecule has 0 unspecified atom stereocenters. The highest BCUT2D eigenvalue weighted by molar-refractivity contribution is 9.11. The Balaban J connectivity index is 1.98. The fraction of sp³-hybridized carbons (Fsp3) is 0.385. The van der Waals surface area contributed by atoms with Gasteiger partial charge in [-0.05, 0) is 31.0 Å². The molecule has 2 rings (SSSR count). The summed E-state index contributed by atoms with van der Waals surface area (Å²) in [7, 11) is 1.63. The van der Waals surface area contributed by atoms with Crippen LogP contribution < -0.4 is 5.32 Å². The summed E-state index contributed by atoms with van der Waals surface area (Å²) in [6.07, 6.45) is 2.09. The van der Waals surface area contributed by atoms with Crippen molar-refractivity contribution in [1.29, 1.82) is 0 Å². The van der Waals surface area contributed by atoms with Gasteiger partial charge in [-0.1, -0.05) is 31.9 Å². The van der Waals surface area contributed by atoms with Gasteiger partial charge in [-0.25, -0.2) is 0 Å². The molecule has 0 saturated heterocycles. The minimum Gasteiger partial charge on any atom is -0.352 e. The van der Waals surface area contributed by atoms with Crippen LogP contribution in [0, 0.1) is 0 Å². The summed E-state index contributed by atoms with van der Waals surface area (Å²) in [6, 6.07) is 5.65. The van der Waals surface area contributed by atoms with Gasteiger partial charge in [0, 0.05) is 27.6 Å². The zero-order valence-corrected chi connectivity index (χ0v) is 13.6. The molecule has 4 nitrogen and oxygen atoms in total. The molecule has 1 N–H and O–H groups in total. The van der Waals surface area contributed by atoms with Gasteiger partial charge in [-0.2, -0.15) is 0 Å². The predicted octanol–water partition coefficient (Wildman–Crippen LogP) is 2.56. The number of nitrogens with one attached hydrogen (secondary N) is 1. The van der Waals surface area contributed by atoms with E-state index in [-0.39, 0.29) is 18.4 Å². The summed E-state index contributed by atoms with van der Waals surface area (Å²) < 4.78 is 1.64. The molecule has 0 heterocycles. The Labute approximate surface area is 128 Å². The number of benzene rings is 1. The molecule has 102 valence electrons. The molecule has 0 radical (unpaired) electrons. The van der Waals surface area contributed by atoms with E-state index in [1.54, 1.807) is 19.2 Å². The van der Waals surface area contributed by atoms with Gasteiger partial charge in [0.25, 0.3) is 5.91 Å². The van der Waals surface area contributed by atoms with Gasteiger partial charge >= 0.3 is 0 Å². The highest BCUT2D eigenvalue weighted by Gasteiger charge is 2.24. The minimum atomic E-state index is -0.173. The van der Waals surface area contributed by atoms with Gasteiger partial charge in [-0.3, -0.25) is 9.59 Å². The van der Waals surface area contributed by atoms with Gasteiger partial charge < -0.3 is 10.2 Å². The first-order valence-electron chi connectivity index (χ1n) is 5.96. The zero-order valence-electron chi connectivity index (χ0n) is 10.5. The molecule has 0 aliphatic heterocycles. The van der Waals surface area contributed by atoms with Gasteiger partial charge in [0.05, 0.1) is 6.54 Å². The van der Waals surface area contributed by atoms with Crippen molar-refractivity contribution >= 4 is 43.7 Å². The molecule has 2 amide bonds. The molecular weight excluding hydrogens is 376 g/mol. The van der Waals surface area contributed by atoms with Crippen LogP contribution in [0.3, 0.4) is 0 Å². The van der Waals surface area contributed by atoms with Crippen LogP contribution in [0.1, 0.15) is 23.2 Å². The van der Waals surface area contributed by atoms with E-state index in [2.05, 4.69) is 37.2 Å². The average molecular weight is 390 g/mol. The highest BCUT2D eigenvalue weighted by Crippen LogP contribution is 2.21. The van der Waals surface area contributed by atoms with E-state index >= 15 is 0 Å². The molecule has 1 saturated carbocycles. The number of carbonyl (C=O) groups is 2. The van der Waals surface area contributed by atoms with Crippen LogP contribution in [0.15, 0.2) is 27.1 Å². The third-order valence-corrected chi connectivity index (χ3v) is 3.70. The Bertz CT molecular complexity index is 495. The van der Waals surface area contributed by atoms with E-state index in [0.29, 0.717) is 11.6 Å². The second kappa shape index (κ2) is 6.05. The van der Waals surface area contributed by atoms with Crippen molar-refractivity contribution < 1.29 is 9.59 Å². The van der Waals surface area contributed by atoms with Gasteiger partial charge in [0.2, 0.25) is 5.91 Å². The smallest absolute Gasteiger partial charge is 0.254 e. The standard InChI is InChI=1S/C13H14Br2N2O2/c1-17(7-12(18)16-11-2-3-11)13(19)8-4-9(14)6-10(15)5-8/h4-6,11H,2-3,7H2,1H3,(H,16,18). The third kappa shape index (κ3) is 4.31. The lowest BCUT2D eigenvalue weighted by Crippen LogP contribution is -2.39. The summed E-state index contributed by atoms with van der Waals surface area (Å²) in [6.45, 7) is 0.0828. The quantitative estimate of drug-likeness (QED) is 0.860. The number of amides is 2. The molecule has 0 spiro atoms. The van der Waals surface area contributed by atoms with Crippen LogP contribution in [0.4, 0.5) is 0 Å². The topological polar surface area (TPSA) is 49.4 Å². The first-order valence-corrected chi connectivity index (χ1v) is 7.55. The normalized spacial score (nSPS) is 14.1. The SMILES string of the molecule is CN(CC(=O)NC1CC1)C(=O)c1cc(Br)cc(Br)c1. The molecule has 19 heavy (non-hydrogen) atoms. The Kier molecular flexibility index (Phi) is 4.62. The van der Waals surface area contributed by atoms with E-state index in [1.165, 1.54) is 4.90 Å². The van der Waals surface area contributed by atoms with Gasteiger partial charge in [0.1, 0.15) is 0 Å². The summed E-state index contributed by atoms with van der Waals surface area (Å²) in [4.78, 5) is 25.3. The maximum atomic E-state index is 12.2. The number of likely N-dealkylation sites (N-methyl/N-ethyl adjacent to an activating group) is 1. The fourth-order valence-electron chi connectivity index (χ4n) is 1.69. The Morgan fingerprint density at radius 3 is 2.37 bits per heavy atom. The third-order valence-electron chi connectivity index (χ3n) is 2.78. The molecule has 0 aromatic heterocycles. The van der Waals surface area contributed by atoms with Gasteiger partial charge in [0.15, 0.2) is 0 Å². The van der Waals surface area contributed by atoms with Crippen LogP contribution in [-0.4, -0.2) is 36.3 Å². The monoisotopic (exact) mass is 388 g/mol. The number of hydrogen-bond acceptors (Lipinski definition) is 2. The minimum absolute atomic E-state index is 0.0828. The summed E-state index contributed by atoms with van der Waals surface area (Å²) in [5, 5.41) is 2.86. The van der Waals surface area contributed by atoms with Crippen LogP contribution in [0.25, 0.3) is 0 Å². The van der Waals surface area contributed by atoms with Crippen molar-refractivity contribution in [3.63, 3.8) is 0 Å². The Morgan fingerprint density at radius 2 is 1.84 bits per heavy atom. The van der Waals surface area contributed by atoms with E-state index < -0.39 is 0 Å². The molecular formula is C13H14Br2N2O2. The maximum Gasteiger partial charge on any atom is 0.254 e. The summed E-state index contributed by atoms with van der Waals surface area (Å²) in [5.41, 5.74) is 0.544. The van der Waals surface area contributed by atoms with E-state index in [1.807, 2.05) is 6.07 Å². The molecule has 1 aromatic rings. The second-order valence-corrected chi connectivity index (χ2v) is 6.49. The predicted molar refractivity (Wildman–Crippen MR) is 80.0 cm³/mol. The molecule has 1 aromatic carbocycles. The van der Waals surface area contributed by atoms with Crippen molar-refractivity contribution in [2.24, 2.45) is 0 Å². The number of hydrogen-bond donors (Lipinski definition) is 1. The lowest BCUT2D eigenvalue weighted by molar-refractivity contribution is -0.121. The highest BCUT2D eigenvalue weighted by atomic mass is 79.9. The van der Waals surface area contributed by atoms with Crippen molar-refractivity contribution in [3.8, 4) is 0 Å². The largest absolute Gasteiger partial charge is 0.352 e. The van der Waals surface area contributed by atoms with Crippen molar-refractivity contribution in [1.82, 2.24) is 10.2 Å². The summed E-state index contributed by atoms with van der Waals surface area (Å²) >= 11 is 6.68. The lowest BCUT2D eigenvalue weighted by Gasteiger charge is -2.17. The first-order chi connectivity index (χ1) is 8.95. The molecule has 1 aliphatic rings. The number of halogens is 2. The number of carbonyl (C=O) groups excluding carboxylic acids is 2. The number of rotatable bonds is 4. The molecule has 0 atom stereocenters.